The van der Waals surface area contributed by atoms with Crippen LogP contribution in [0, 0.1) is 17.6 Å². The van der Waals surface area contributed by atoms with E-state index in [1.807, 2.05) is 67.8 Å². The molecule has 0 amide bonds. The molecule has 0 aromatic heterocycles. The number of rotatable bonds is 2. The molecular weight excluding hydrogens is 855 g/mol. The first-order chi connectivity index (χ1) is 15.4. The van der Waals surface area contributed by atoms with Crippen LogP contribution in [-0.2, 0) is 0 Å². The number of fused-ring (bicyclic) bond motifs is 2. The predicted octanol–water partition coefficient (Wildman–Crippen LogP) is 8.70. The molecule has 2 aromatic rings. The van der Waals surface area contributed by atoms with Gasteiger partial charge in [-0.2, -0.15) is 0 Å². The number of carboxylic acids is 1. The number of hydrogen-bond donors (Lipinski definition) is 2. The highest BCUT2D eigenvalue weighted by atomic mass is 127. The fourth-order valence-electron chi connectivity index (χ4n) is 3.49. The molecule has 1 aliphatic carbocycles. The fourth-order valence-corrected chi connectivity index (χ4v) is 7.13. The summed E-state index contributed by atoms with van der Waals surface area (Å²) in [6.45, 7) is 1.70. The van der Waals surface area contributed by atoms with Gasteiger partial charge >= 0.3 is 5.97 Å². The normalized spacial score (nSPS) is 11.5. The van der Waals surface area contributed by atoms with Crippen LogP contribution in [0.3, 0.4) is 0 Å². The molecule has 1 aliphatic heterocycles. The molecule has 0 saturated heterocycles. The molecule has 4 rings (SSSR count). The largest absolute Gasteiger partial charge is 0.506 e. The van der Waals surface area contributed by atoms with Crippen molar-refractivity contribution in [1.29, 1.82) is 0 Å². The maximum absolute atomic E-state index is 12.7. The van der Waals surface area contributed by atoms with E-state index in [1.165, 1.54) is 0 Å². The van der Waals surface area contributed by atoms with Crippen molar-refractivity contribution in [1.82, 2.24) is 0 Å². The number of aromatic hydroxyl groups is 1. The summed E-state index contributed by atoms with van der Waals surface area (Å²) in [5.74, 6) is -1.16. The highest BCUT2D eigenvalue weighted by Gasteiger charge is 2.32. The van der Waals surface area contributed by atoms with Crippen molar-refractivity contribution in [3.8, 4) is 28.2 Å². The van der Waals surface area contributed by atoms with E-state index in [1.54, 1.807) is 19.1 Å². The second-order valence-electron chi connectivity index (χ2n) is 6.90. The monoisotopic (exact) mass is 860 g/mol. The Morgan fingerprint density at radius 2 is 1.55 bits per heavy atom. The molecule has 0 fully saturated rings. The van der Waals surface area contributed by atoms with E-state index in [2.05, 4.69) is 0 Å². The quantitative estimate of drug-likeness (QED) is 0.0913. The minimum Gasteiger partial charge on any atom is -0.506 e. The first-order valence-electron chi connectivity index (χ1n) is 8.74. The summed E-state index contributed by atoms with van der Waals surface area (Å²) in [6.07, 6.45) is 0. The Bertz CT molecular complexity index is 1570. The topological polar surface area (TPSA) is 87.7 Å². The summed E-state index contributed by atoms with van der Waals surface area (Å²) in [7, 11) is 0. The Morgan fingerprint density at radius 3 is 2.15 bits per heavy atom. The minimum atomic E-state index is -1.37. The number of aromatic carboxylic acids is 1. The molecular formula is C21H7Cl4I3O5. The van der Waals surface area contributed by atoms with Crippen molar-refractivity contribution in [3.05, 3.63) is 64.3 Å². The third-order valence-electron chi connectivity index (χ3n) is 4.99. The Morgan fingerprint density at radius 1 is 0.939 bits per heavy atom. The van der Waals surface area contributed by atoms with Gasteiger partial charge in [-0.3, -0.25) is 4.79 Å². The molecule has 0 radical (unpaired) electrons. The molecule has 2 aromatic carbocycles. The molecule has 0 saturated carbocycles. The fraction of sp³-hybridized carbons (Fsp3) is 0.0476. The Balaban J connectivity index is 2.43. The van der Waals surface area contributed by atoms with Crippen LogP contribution in [0.5, 0.6) is 5.75 Å². The van der Waals surface area contributed by atoms with Gasteiger partial charge in [0, 0.05) is 22.1 Å². The number of aryl methyl sites for hydroxylation is 1. The van der Waals surface area contributed by atoms with Gasteiger partial charge < -0.3 is 14.6 Å². The van der Waals surface area contributed by atoms with Crippen LogP contribution in [0.25, 0.3) is 33.4 Å². The van der Waals surface area contributed by atoms with Gasteiger partial charge in [-0.15, -0.1) is 0 Å². The van der Waals surface area contributed by atoms with Gasteiger partial charge in [0.25, 0.3) is 0 Å². The zero-order valence-electron chi connectivity index (χ0n) is 15.9. The zero-order valence-corrected chi connectivity index (χ0v) is 25.4. The zero-order chi connectivity index (χ0) is 24.5. The van der Waals surface area contributed by atoms with Crippen molar-refractivity contribution < 1.29 is 19.4 Å². The summed E-state index contributed by atoms with van der Waals surface area (Å²) < 4.78 is 7.16. The number of phenolic OH excluding ortho intramolecular Hbond substituents is 1. The van der Waals surface area contributed by atoms with Crippen LogP contribution in [0.4, 0.5) is 0 Å². The van der Waals surface area contributed by atoms with Gasteiger partial charge in [-0.25, -0.2) is 4.79 Å². The van der Waals surface area contributed by atoms with Gasteiger partial charge in [0.15, 0.2) is 11.3 Å². The Hall–Kier alpha value is -0.250. The number of phenols is 1. The summed E-state index contributed by atoms with van der Waals surface area (Å²) in [5, 5.41) is 20.3. The van der Waals surface area contributed by atoms with E-state index >= 15 is 0 Å². The summed E-state index contributed by atoms with van der Waals surface area (Å²) in [4.78, 5) is 25.0. The van der Waals surface area contributed by atoms with E-state index in [9.17, 15) is 19.8 Å². The van der Waals surface area contributed by atoms with E-state index in [4.69, 9.17) is 50.8 Å². The van der Waals surface area contributed by atoms with Crippen molar-refractivity contribution in [3.63, 3.8) is 0 Å². The second kappa shape index (κ2) is 9.32. The van der Waals surface area contributed by atoms with Crippen molar-refractivity contribution in [2.75, 3.05) is 0 Å². The summed E-state index contributed by atoms with van der Waals surface area (Å²) >= 11 is 31.1. The smallest absolute Gasteiger partial charge is 0.337 e. The first kappa shape index (κ1) is 25.8. The molecule has 2 N–H and O–H groups in total. The van der Waals surface area contributed by atoms with Crippen molar-refractivity contribution in [2.45, 2.75) is 6.92 Å². The highest BCUT2D eigenvalue weighted by Crippen LogP contribution is 2.52. The lowest BCUT2D eigenvalue weighted by Crippen LogP contribution is -2.13. The minimum absolute atomic E-state index is 0.00302. The third-order valence-corrected chi connectivity index (χ3v) is 9.58. The van der Waals surface area contributed by atoms with Gasteiger partial charge in [-0.05, 0) is 92.4 Å². The van der Waals surface area contributed by atoms with Crippen LogP contribution in [0.15, 0.2) is 21.3 Å². The van der Waals surface area contributed by atoms with Crippen molar-refractivity contribution >= 4 is 131 Å². The van der Waals surface area contributed by atoms with E-state index in [0.717, 1.165) is 0 Å². The third kappa shape index (κ3) is 4.01. The lowest BCUT2D eigenvalue weighted by Gasteiger charge is -2.21. The molecule has 2 aliphatic rings. The number of carboxylic acid groups (broad SMARTS) is 1. The summed E-state index contributed by atoms with van der Waals surface area (Å²) in [5.41, 5.74) is 0.964. The van der Waals surface area contributed by atoms with Crippen LogP contribution in [-0.4, -0.2) is 16.2 Å². The Kier molecular flexibility index (Phi) is 7.30. The van der Waals surface area contributed by atoms with Crippen molar-refractivity contribution in [2.24, 2.45) is 0 Å². The van der Waals surface area contributed by atoms with Gasteiger partial charge in [0.05, 0.1) is 32.8 Å². The number of benzene rings is 3. The highest BCUT2D eigenvalue weighted by molar-refractivity contribution is 14.1. The van der Waals surface area contributed by atoms with E-state index in [-0.39, 0.29) is 57.3 Å². The Labute approximate surface area is 247 Å². The standard InChI is InChI=1S/C21H7Cl4I3O5/c1-4-2-5-8(9-10(21(31)32)12(23)14(25)13(24)11(9)22)6-3-7(26)18(30)16(28)20(6)33-19(5)15(27)17(4)29/h2-3,29H,1H3,(H,31,32). The lowest BCUT2D eigenvalue weighted by molar-refractivity contribution is 0.0698. The molecule has 33 heavy (non-hydrogen) atoms. The molecule has 0 atom stereocenters. The molecule has 0 unspecified atom stereocenters. The van der Waals surface area contributed by atoms with Gasteiger partial charge in [-0.1, -0.05) is 46.4 Å². The number of halogens is 7. The van der Waals surface area contributed by atoms with Gasteiger partial charge in [0.2, 0.25) is 5.43 Å². The molecule has 170 valence electrons. The number of carbonyl (C=O) groups is 1. The van der Waals surface area contributed by atoms with Crippen LogP contribution < -0.4 is 5.43 Å². The summed E-state index contributed by atoms with van der Waals surface area (Å²) in [6, 6.07) is 3.24. The molecule has 1 heterocycles. The van der Waals surface area contributed by atoms with Crippen LogP contribution >= 0.6 is 114 Å². The maximum atomic E-state index is 12.7. The van der Waals surface area contributed by atoms with E-state index in [0.29, 0.717) is 29.2 Å². The maximum Gasteiger partial charge on any atom is 0.337 e. The second-order valence-corrected chi connectivity index (χ2v) is 11.7. The van der Waals surface area contributed by atoms with Crippen LogP contribution in [0.1, 0.15) is 15.9 Å². The molecule has 0 bridgehead atoms. The predicted molar refractivity (Wildman–Crippen MR) is 156 cm³/mol. The lowest BCUT2D eigenvalue weighted by atomic mass is 9.90. The van der Waals surface area contributed by atoms with E-state index < -0.39 is 5.97 Å². The average molecular weight is 862 g/mol. The molecule has 5 nitrogen and oxygen atoms in total. The number of hydrogen-bond acceptors (Lipinski definition) is 4. The molecule has 12 heteroatoms. The molecule has 0 spiro atoms. The first-order valence-corrected chi connectivity index (χ1v) is 13.5. The van der Waals surface area contributed by atoms with Crippen LogP contribution in [0.2, 0.25) is 20.1 Å². The van der Waals surface area contributed by atoms with Gasteiger partial charge in [0.1, 0.15) is 9.32 Å². The average Bonchev–Trinajstić information content (AvgIpc) is 2.76. The SMILES string of the molecule is Cc1cc2c(-c3c(Cl)c(Cl)c(Cl)c(Cl)c3C(=O)O)c3cc(I)c(=O)c(I)c-3oc2c(I)c1O.